The van der Waals surface area contributed by atoms with Crippen molar-refractivity contribution in [2.75, 3.05) is 0 Å². The summed E-state index contributed by atoms with van der Waals surface area (Å²) in [4.78, 5) is 12.0. The summed E-state index contributed by atoms with van der Waals surface area (Å²) in [5.74, 6) is -0.0549. The minimum Gasteiger partial charge on any atom is -0.345 e. The lowest BCUT2D eigenvalue weighted by atomic mass is 9.76. The van der Waals surface area contributed by atoms with Crippen LogP contribution in [0.3, 0.4) is 0 Å². The molecule has 0 saturated heterocycles. The molecule has 2 rings (SSSR count). The molecule has 18 heavy (non-hydrogen) atoms. The summed E-state index contributed by atoms with van der Waals surface area (Å²) in [6.45, 7) is 1.73. The van der Waals surface area contributed by atoms with Gasteiger partial charge in [0.15, 0.2) is 0 Å². The largest absolute Gasteiger partial charge is 0.345 e. The van der Waals surface area contributed by atoms with Gasteiger partial charge in [-0.2, -0.15) is 0 Å². The van der Waals surface area contributed by atoms with Crippen molar-refractivity contribution in [3.8, 4) is 0 Å². The van der Waals surface area contributed by atoms with Crippen LogP contribution >= 0.6 is 0 Å². The molecule has 1 atom stereocenters. The first-order valence-corrected chi connectivity index (χ1v) is 6.77. The van der Waals surface area contributed by atoms with Crippen LogP contribution < -0.4 is 11.1 Å². The molecular weight excluding hydrogens is 224 g/mol. The van der Waals surface area contributed by atoms with E-state index in [0.717, 1.165) is 25.7 Å². The van der Waals surface area contributed by atoms with Crippen LogP contribution in [0.2, 0.25) is 0 Å². The average molecular weight is 246 g/mol. The maximum absolute atomic E-state index is 12.0. The Morgan fingerprint density at radius 3 is 2.39 bits per heavy atom. The normalized spacial score (nSPS) is 20.1. The second-order valence-electron chi connectivity index (χ2n) is 5.29. The molecule has 0 radical (unpaired) electrons. The van der Waals surface area contributed by atoms with E-state index in [9.17, 15) is 4.79 Å². The molecule has 1 saturated carbocycles. The molecule has 0 bridgehead atoms. The predicted molar refractivity (Wildman–Crippen MR) is 73.0 cm³/mol. The Kier molecular flexibility index (Phi) is 4.02. The zero-order valence-electron chi connectivity index (χ0n) is 11.0. The molecule has 98 valence electrons. The molecule has 0 aromatic heterocycles. The van der Waals surface area contributed by atoms with Crippen molar-refractivity contribution in [1.29, 1.82) is 0 Å². The van der Waals surface area contributed by atoms with E-state index in [1.807, 2.05) is 18.2 Å². The molecule has 1 amide bonds. The predicted octanol–water partition coefficient (Wildman–Crippen LogP) is 2.31. The SMILES string of the molecule is CC(N)C(=O)NC1(c2ccccc2)CCCCC1. The van der Waals surface area contributed by atoms with Gasteiger partial charge < -0.3 is 11.1 Å². The minimum absolute atomic E-state index is 0.0549. The van der Waals surface area contributed by atoms with Crippen LogP contribution in [-0.2, 0) is 10.3 Å². The van der Waals surface area contributed by atoms with Crippen LogP contribution in [-0.4, -0.2) is 11.9 Å². The van der Waals surface area contributed by atoms with E-state index in [0.29, 0.717) is 0 Å². The zero-order valence-corrected chi connectivity index (χ0v) is 11.0. The zero-order chi connectivity index (χ0) is 13.0. The number of carbonyl (C=O) groups is 1. The molecular formula is C15H22N2O. The van der Waals surface area contributed by atoms with Gasteiger partial charge in [0.1, 0.15) is 0 Å². The Morgan fingerprint density at radius 2 is 1.83 bits per heavy atom. The Labute approximate surface area is 109 Å². The number of nitrogens with one attached hydrogen (secondary N) is 1. The number of hydrogen-bond donors (Lipinski definition) is 2. The molecule has 0 heterocycles. The summed E-state index contributed by atoms with van der Waals surface area (Å²) in [6, 6.07) is 9.83. The van der Waals surface area contributed by atoms with Gasteiger partial charge in [-0.1, -0.05) is 49.6 Å². The quantitative estimate of drug-likeness (QED) is 0.860. The molecule has 3 nitrogen and oxygen atoms in total. The third kappa shape index (κ3) is 2.72. The second kappa shape index (κ2) is 5.53. The van der Waals surface area contributed by atoms with Crippen molar-refractivity contribution in [2.45, 2.75) is 50.6 Å². The van der Waals surface area contributed by atoms with Gasteiger partial charge >= 0.3 is 0 Å². The summed E-state index contributed by atoms with van der Waals surface area (Å²) < 4.78 is 0. The Balaban J connectivity index is 2.26. The first-order valence-electron chi connectivity index (χ1n) is 6.77. The van der Waals surface area contributed by atoms with E-state index < -0.39 is 6.04 Å². The number of nitrogens with two attached hydrogens (primary N) is 1. The summed E-state index contributed by atoms with van der Waals surface area (Å²) in [6.07, 6.45) is 5.59. The molecule has 1 aromatic carbocycles. The molecule has 1 aromatic rings. The van der Waals surface area contributed by atoms with Crippen LogP contribution in [0.15, 0.2) is 30.3 Å². The van der Waals surface area contributed by atoms with E-state index in [2.05, 4.69) is 17.4 Å². The van der Waals surface area contributed by atoms with Gasteiger partial charge in [0, 0.05) is 0 Å². The summed E-state index contributed by atoms with van der Waals surface area (Å²) in [5.41, 5.74) is 6.68. The topological polar surface area (TPSA) is 55.1 Å². The number of rotatable bonds is 3. The molecule has 1 aliphatic rings. The fourth-order valence-corrected chi connectivity index (χ4v) is 2.75. The standard InChI is InChI=1S/C15H22N2O/c1-12(16)14(18)17-15(10-6-3-7-11-15)13-8-4-2-5-9-13/h2,4-5,8-9,12H,3,6-7,10-11,16H2,1H3,(H,17,18). The second-order valence-corrected chi connectivity index (χ2v) is 5.29. The van der Waals surface area contributed by atoms with Crippen LogP contribution in [0.4, 0.5) is 0 Å². The first kappa shape index (κ1) is 13.1. The smallest absolute Gasteiger partial charge is 0.237 e. The number of benzene rings is 1. The number of hydrogen-bond acceptors (Lipinski definition) is 2. The Bertz CT molecular complexity index is 394. The van der Waals surface area contributed by atoms with Gasteiger partial charge in [-0.05, 0) is 25.3 Å². The summed E-state index contributed by atoms with van der Waals surface area (Å²) >= 11 is 0. The lowest BCUT2D eigenvalue weighted by Crippen LogP contribution is -2.51. The highest BCUT2D eigenvalue weighted by molar-refractivity contribution is 5.82. The van der Waals surface area contributed by atoms with Crippen LogP contribution in [0, 0.1) is 0 Å². The Morgan fingerprint density at radius 1 is 1.22 bits per heavy atom. The van der Waals surface area contributed by atoms with Crippen LogP contribution in [0.5, 0.6) is 0 Å². The highest BCUT2D eigenvalue weighted by Crippen LogP contribution is 2.37. The first-order chi connectivity index (χ1) is 8.64. The third-order valence-corrected chi connectivity index (χ3v) is 3.81. The molecule has 1 unspecified atom stereocenters. The fraction of sp³-hybridized carbons (Fsp3) is 0.533. The van der Waals surface area contributed by atoms with Crippen molar-refractivity contribution >= 4 is 5.91 Å². The van der Waals surface area contributed by atoms with E-state index in [1.54, 1.807) is 6.92 Å². The van der Waals surface area contributed by atoms with Crippen molar-refractivity contribution in [3.63, 3.8) is 0 Å². The number of carbonyl (C=O) groups excluding carboxylic acids is 1. The van der Waals surface area contributed by atoms with Gasteiger partial charge in [0.25, 0.3) is 0 Å². The maximum Gasteiger partial charge on any atom is 0.237 e. The molecule has 3 heteroatoms. The highest BCUT2D eigenvalue weighted by Gasteiger charge is 2.35. The monoisotopic (exact) mass is 246 g/mol. The van der Waals surface area contributed by atoms with Gasteiger partial charge in [0.05, 0.1) is 11.6 Å². The Hall–Kier alpha value is -1.35. The molecule has 0 spiro atoms. The minimum atomic E-state index is -0.451. The summed E-state index contributed by atoms with van der Waals surface area (Å²) in [5, 5.41) is 3.18. The highest BCUT2D eigenvalue weighted by atomic mass is 16.2. The fourth-order valence-electron chi connectivity index (χ4n) is 2.75. The van der Waals surface area contributed by atoms with E-state index in [-0.39, 0.29) is 11.4 Å². The number of amides is 1. The maximum atomic E-state index is 12.0. The van der Waals surface area contributed by atoms with Gasteiger partial charge in [-0.3, -0.25) is 4.79 Å². The lowest BCUT2D eigenvalue weighted by Gasteiger charge is -2.39. The van der Waals surface area contributed by atoms with E-state index in [1.165, 1.54) is 12.0 Å². The van der Waals surface area contributed by atoms with Crippen molar-refractivity contribution < 1.29 is 4.79 Å². The van der Waals surface area contributed by atoms with Crippen molar-refractivity contribution in [1.82, 2.24) is 5.32 Å². The van der Waals surface area contributed by atoms with Gasteiger partial charge in [-0.25, -0.2) is 0 Å². The van der Waals surface area contributed by atoms with E-state index >= 15 is 0 Å². The van der Waals surface area contributed by atoms with Crippen LogP contribution in [0.1, 0.15) is 44.6 Å². The third-order valence-electron chi connectivity index (χ3n) is 3.81. The van der Waals surface area contributed by atoms with Crippen LogP contribution in [0.25, 0.3) is 0 Å². The average Bonchev–Trinajstić information content (AvgIpc) is 2.40. The van der Waals surface area contributed by atoms with E-state index in [4.69, 9.17) is 5.73 Å². The molecule has 0 aliphatic heterocycles. The van der Waals surface area contributed by atoms with Crippen molar-refractivity contribution in [2.24, 2.45) is 5.73 Å². The van der Waals surface area contributed by atoms with Crippen molar-refractivity contribution in [3.05, 3.63) is 35.9 Å². The molecule has 1 fully saturated rings. The summed E-state index contributed by atoms with van der Waals surface area (Å²) in [7, 11) is 0. The van der Waals surface area contributed by atoms with Gasteiger partial charge in [-0.15, -0.1) is 0 Å². The molecule has 1 aliphatic carbocycles. The molecule has 3 N–H and O–H groups in total. The van der Waals surface area contributed by atoms with Gasteiger partial charge in [0.2, 0.25) is 5.91 Å². The lowest BCUT2D eigenvalue weighted by molar-refractivity contribution is -0.124.